The van der Waals surface area contributed by atoms with E-state index in [4.69, 9.17) is 4.74 Å². The van der Waals surface area contributed by atoms with E-state index in [1.54, 1.807) is 22.9 Å². The monoisotopic (exact) mass is 534 g/mol. The molecule has 198 valence electrons. The number of carbonyl (C=O) groups excluding carboxylic acids is 1. The second kappa shape index (κ2) is 10.4. The standard InChI is InChI=1S/C26H29F3N4O3S/c1-17-5-10-20(15-22(17)37(35)32-11-13-36-14-12-32)31-24(34)21-16-30-33(25(2,3)4)23(21)18-6-8-19(9-7-18)26(27,28)29/h5-10,15-16H,11-14H2,1-4H3,(H,31,34). The van der Waals surface area contributed by atoms with Gasteiger partial charge < -0.3 is 10.1 Å². The van der Waals surface area contributed by atoms with Crippen LogP contribution in [0.5, 0.6) is 0 Å². The molecule has 1 aromatic heterocycles. The van der Waals surface area contributed by atoms with Gasteiger partial charge in [0.15, 0.2) is 0 Å². The first-order chi connectivity index (χ1) is 17.4. The van der Waals surface area contributed by atoms with Crippen molar-refractivity contribution in [3.63, 3.8) is 0 Å². The van der Waals surface area contributed by atoms with E-state index in [0.717, 1.165) is 17.7 Å². The summed E-state index contributed by atoms with van der Waals surface area (Å²) >= 11 is 0. The minimum atomic E-state index is -4.46. The SMILES string of the molecule is Cc1ccc(NC(=O)c2cnn(C(C)(C)C)c2-c2ccc(C(F)(F)F)cc2)cc1S(=O)N1CCOCC1. The zero-order valence-electron chi connectivity index (χ0n) is 21.1. The first-order valence-corrected chi connectivity index (χ1v) is 12.9. The molecule has 7 nitrogen and oxygen atoms in total. The molecule has 37 heavy (non-hydrogen) atoms. The van der Waals surface area contributed by atoms with Gasteiger partial charge in [-0.25, -0.2) is 8.51 Å². The second-order valence-corrected chi connectivity index (χ2v) is 11.2. The molecule has 1 aliphatic heterocycles. The number of carbonyl (C=O) groups is 1. The highest BCUT2D eigenvalue weighted by Gasteiger charge is 2.31. The number of aryl methyl sites for hydroxylation is 1. The van der Waals surface area contributed by atoms with Crippen molar-refractivity contribution < 1.29 is 26.9 Å². The van der Waals surface area contributed by atoms with Crippen LogP contribution in [0.25, 0.3) is 11.3 Å². The van der Waals surface area contributed by atoms with E-state index in [1.807, 2.05) is 32.0 Å². The Balaban J connectivity index is 1.66. The highest BCUT2D eigenvalue weighted by Crippen LogP contribution is 2.34. The van der Waals surface area contributed by atoms with E-state index in [2.05, 4.69) is 10.4 Å². The number of hydrogen-bond acceptors (Lipinski definition) is 4. The van der Waals surface area contributed by atoms with Gasteiger partial charge in [-0.2, -0.15) is 18.3 Å². The molecule has 0 radical (unpaired) electrons. The van der Waals surface area contributed by atoms with Crippen LogP contribution >= 0.6 is 0 Å². The zero-order chi connectivity index (χ0) is 27.0. The fourth-order valence-electron chi connectivity index (χ4n) is 4.03. The van der Waals surface area contributed by atoms with Gasteiger partial charge >= 0.3 is 6.18 Å². The number of amides is 1. The first kappa shape index (κ1) is 27.0. The molecule has 0 bridgehead atoms. The number of hydrogen-bond donors (Lipinski definition) is 1. The number of aromatic nitrogens is 2. The van der Waals surface area contributed by atoms with E-state index in [1.165, 1.54) is 18.3 Å². The summed E-state index contributed by atoms with van der Waals surface area (Å²) in [7, 11) is -1.41. The number of rotatable bonds is 5. The summed E-state index contributed by atoms with van der Waals surface area (Å²) in [6.07, 6.45) is -3.05. The summed E-state index contributed by atoms with van der Waals surface area (Å²) in [6.45, 7) is 9.64. The van der Waals surface area contributed by atoms with E-state index in [9.17, 15) is 22.2 Å². The summed E-state index contributed by atoms with van der Waals surface area (Å²) in [5, 5.41) is 7.23. The van der Waals surface area contributed by atoms with Crippen molar-refractivity contribution in [2.24, 2.45) is 0 Å². The van der Waals surface area contributed by atoms with Crippen molar-refractivity contribution in [3.8, 4) is 11.3 Å². The van der Waals surface area contributed by atoms with Crippen molar-refractivity contribution in [2.45, 2.75) is 44.3 Å². The highest BCUT2D eigenvalue weighted by molar-refractivity contribution is 7.82. The summed E-state index contributed by atoms with van der Waals surface area (Å²) in [6, 6.07) is 9.86. The molecule has 2 aromatic carbocycles. The van der Waals surface area contributed by atoms with E-state index in [-0.39, 0.29) is 5.56 Å². The normalized spacial score (nSPS) is 16.0. The maximum Gasteiger partial charge on any atom is 0.416 e. The Morgan fingerprint density at radius 3 is 2.30 bits per heavy atom. The van der Waals surface area contributed by atoms with Crippen LogP contribution < -0.4 is 5.32 Å². The van der Waals surface area contributed by atoms with Crippen LogP contribution in [0.1, 0.15) is 42.3 Å². The van der Waals surface area contributed by atoms with Gasteiger partial charge in [-0.15, -0.1) is 0 Å². The fraction of sp³-hybridized carbons (Fsp3) is 0.385. The molecule has 11 heteroatoms. The van der Waals surface area contributed by atoms with Crippen LogP contribution in [0.2, 0.25) is 0 Å². The Morgan fingerprint density at radius 2 is 1.70 bits per heavy atom. The van der Waals surface area contributed by atoms with Gasteiger partial charge in [0.1, 0.15) is 11.0 Å². The summed E-state index contributed by atoms with van der Waals surface area (Å²) in [5.41, 5.74) is 1.02. The molecule has 1 atom stereocenters. The highest BCUT2D eigenvalue weighted by atomic mass is 32.2. The van der Waals surface area contributed by atoms with Crippen LogP contribution in [0.15, 0.2) is 53.6 Å². The molecule has 1 N–H and O–H groups in total. The van der Waals surface area contributed by atoms with Crippen molar-refractivity contribution in [1.82, 2.24) is 14.1 Å². The predicted octanol–water partition coefficient (Wildman–Crippen LogP) is 5.24. The fourth-order valence-corrected chi connectivity index (χ4v) is 5.36. The number of nitrogens with one attached hydrogen (secondary N) is 1. The minimum Gasteiger partial charge on any atom is -0.379 e. The van der Waals surface area contributed by atoms with Gasteiger partial charge in [0, 0.05) is 24.3 Å². The van der Waals surface area contributed by atoms with Crippen molar-refractivity contribution >= 4 is 22.6 Å². The van der Waals surface area contributed by atoms with Crippen LogP contribution in [0, 0.1) is 6.92 Å². The third kappa shape index (κ3) is 5.94. The van der Waals surface area contributed by atoms with Crippen LogP contribution in [-0.2, 0) is 27.4 Å². The van der Waals surface area contributed by atoms with Gasteiger partial charge in [-0.3, -0.25) is 9.48 Å². The van der Waals surface area contributed by atoms with Gasteiger partial charge in [-0.05, 0) is 57.5 Å². The lowest BCUT2D eigenvalue weighted by molar-refractivity contribution is -0.137. The van der Waals surface area contributed by atoms with E-state index >= 15 is 0 Å². The summed E-state index contributed by atoms with van der Waals surface area (Å²) < 4.78 is 61.3. The van der Waals surface area contributed by atoms with E-state index in [0.29, 0.717) is 48.1 Å². The number of morpholine rings is 1. The molecule has 1 amide bonds. The third-order valence-electron chi connectivity index (χ3n) is 5.97. The molecule has 2 heterocycles. The van der Waals surface area contributed by atoms with Gasteiger partial charge in [-0.1, -0.05) is 18.2 Å². The lowest BCUT2D eigenvalue weighted by Crippen LogP contribution is -2.37. The topological polar surface area (TPSA) is 76.5 Å². The Bertz CT molecular complexity index is 1310. The molecule has 4 rings (SSSR count). The van der Waals surface area contributed by atoms with Gasteiger partial charge in [0.25, 0.3) is 5.91 Å². The van der Waals surface area contributed by atoms with Crippen molar-refractivity contribution in [2.75, 3.05) is 31.6 Å². The van der Waals surface area contributed by atoms with Crippen molar-refractivity contribution in [3.05, 3.63) is 65.4 Å². The molecule has 1 unspecified atom stereocenters. The Kier molecular flexibility index (Phi) is 7.59. The Labute approximate surface area is 216 Å². The lowest BCUT2D eigenvalue weighted by Gasteiger charge is -2.26. The molecule has 0 aliphatic carbocycles. The lowest BCUT2D eigenvalue weighted by atomic mass is 10.0. The smallest absolute Gasteiger partial charge is 0.379 e. The van der Waals surface area contributed by atoms with E-state index < -0.39 is 34.2 Å². The maximum absolute atomic E-state index is 13.4. The quantitative estimate of drug-likeness (QED) is 0.486. The predicted molar refractivity (Wildman–Crippen MR) is 136 cm³/mol. The average molecular weight is 535 g/mol. The number of ether oxygens (including phenoxy) is 1. The number of benzene rings is 2. The van der Waals surface area contributed by atoms with Gasteiger partial charge in [0.2, 0.25) is 0 Å². The molecular weight excluding hydrogens is 505 g/mol. The van der Waals surface area contributed by atoms with Gasteiger partial charge in [0.05, 0.1) is 46.7 Å². The number of halogens is 3. The first-order valence-electron chi connectivity index (χ1n) is 11.8. The molecule has 0 saturated carbocycles. The maximum atomic E-state index is 13.4. The average Bonchev–Trinajstić information content (AvgIpc) is 3.31. The molecule has 0 spiro atoms. The van der Waals surface area contributed by atoms with Crippen LogP contribution in [0.4, 0.5) is 18.9 Å². The van der Waals surface area contributed by atoms with Crippen LogP contribution in [-0.4, -0.2) is 50.5 Å². The minimum absolute atomic E-state index is 0.214. The summed E-state index contributed by atoms with van der Waals surface area (Å²) in [5.74, 6) is -0.475. The number of anilines is 1. The zero-order valence-corrected chi connectivity index (χ0v) is 21.9. The van der Waals surface area contributed by atoms with Crippen molar-refractivity contribution in [1.29, 1.82) is 0 Å². The molecule has 1 aliphatic rings. The Morgan fingerprint density at radius 1 is 1.05 bits per heavy atom. The number of nitrogens with zero attached hydrogens (tertiary/aromatic N) is 3. The number of alkyl halides is 3. The Hall–Kier alpha value is -3.02. The summed E-state index contributed by atoms with van der Waals surface area (Å²) in [4.78, 5) is 14.0. The molecule has 1 saturated heterocycles. The third-order valence-corrected chi connectivity index (χ3v) is 7.62. The largest absolute Gasteiger partial charge is 0.416 e. The van der Waals surface area contributed by atoms with Crippen LogP contribution in [0.3, 0.4) is 0 Å². The molecule has 3 aromatic rings. The second-order valence-electron chi connectivity index (χ2n) is 9.79. The molecule has 1 fully saturated rings. The molecular formula is C26H29F3N4O3S.